The highest BCUT2D eigenvalue weighted by molar-refractivity contribution is 6.06. The summed E-state index contributed by atoms with van der Waals surface area (Å²) in [6.45, 7) is 6.04. The molecule has 0 spiro atoms. The predicted octanol–water partition coefficient (Wildman–Crippen LogP) is 3.40. The summed E-state index contributed by atoms with van der Waals surface area (Å²) in [5, 5.41) is 8.60. The smallest absolute Gasteiger partial charge is 0.254 e. The third kappa shape index (κ3) is 4.29. The molecule has 0 saturated carbocycles. The van der Waals surface area contributed by atoms with Gasteiger partial charge in [0, 0.05) is 31.7 Å². The Morgan fingerprint density at radius 2 is 1.93 bits per heavy atom. The van der Waals surface area contributed by atoms with Gasteiger partial charge in [0.2, 0.25) is 0 Å². The van der Waals surface area contributed by atoms with Crippen molar-refractivity contribution in [2.75, 3.05) is 26.2 Å². The zero-order valence-corrected chi connectivity index (χ0v) is 17.4. The van der Waals surface area contributed by atoms with Crippen LogP contribution in [0.15, 0.2) is 42.6 Å². The van der Waals surface area contributed by atoms with Crippen molar-refractivity contribution in [1.29, 1.82) is 0 Å². The predicted molar refractivity (Wildman–Crippen MR) is 117 cm³/mol. The fourth-order valence-corrected chi connectivity index (χ4v) is 3.43. The van der Waals surface area contributed by atoms with E-state index in [-0.39, 0.29) is 30.7 Å². The van der Waals surface area contributed by atoms with E-state index in [9.17, 15) is 4.79 Å². The number of halogens is 2. The first-order chi connectivity index (χ1) is 12.8. The first-order valence-electron chi connectivity index (χ1n) is 9.20. The van der Waals surface area contributed by atoms with E-state index in [2.05, 4.69) is 10.4 Å². The summed E-state index contributed by atoms with van der Waals surface area (Å²) in [7, 11) is 0. The average Bonchev–Trinajstić information content (AvgIpc) is 2.91. The van der Waals surface area contributed by atoms with E-state index < -0.39 is 0 Å². The highest BCUT2D eigenvalue weighted by Crippen LogP contribution is 2.26. The van der Waals surface area contributed by atoms with Crippen LogP contribution >= 0.6 is 24.8 Å². The van der Waals surface area contributed by atoms with Gasteiger partial charge in [0.1, 0.15) is 0 Å². The van der Waals surface area contributed by atoms with Gasteiger partial charge in [0.25, 0.3) is 5.91 Å². The maximum atomic E-state index is 13.3. The fourth-order valence-electron chi connectivity index (χ4n) is 3.43. The second-order valence-electron chi connectivity index (χ2n) is 6.51. The minimum Gasteiger partial charge on any atom is -0.337 e. The molecule has 2 aromatic heterocycles. The number of nitrogens with one attached hydrogen (secondary N) is 1. The van der Waals surface area contributed by atoms with Crippen LogP contribution in [0.25, 0.3) is 22.3 Å². The molecule has 1 amide bonds. The Hall–Kier alpha value is -2.15. The standard InChI is InChI=1S/C20H23N5O.2ClH/c1-2-25-19-17(14-22-25)16(20(26)24-11-6-9-21-10-12-24)13-18(23-19)15-7-4-3-5-8-15;;/h3-5,7-8,13-14,21H,2,6,9-12H2,1H3;2*1H. The number of rotatable bonds is 3. The molecular formula is C20H25Cl2N5O. The van der Waals surface area contributed by atoms with Crippen molar-refractivity contribution < 1.29 is 4.79 Å². The molecule has 4 rings (SSSR count). The monoisotopic (exact) mass is 421 g/mol. The van der Waals surface area contributed by atoms with Gasteiger partial charge in [-0.3, -0.25) is 4.79 Å². The molecule has 0 radical (unpaired) electrons. The number of benzene rings is 1. The molecule has 1 aliphatic heterocycles. The lowest BCUT2D eigenvalue weighted by Crippen LogP contribution is -2.34. The van der Waals surface area contributed by atoms with Gasteiger partial charge in [-0.1, -0.05) is 30.3 Å². The third-order valence-corrected chi connectivity index (χ3v) is 4.84. The van der Waals surface area contributed by atoms with Crippen LogP contribution in [0.5, 0.6) is 0 Å². The minimum absolute atomic E-state index is 0. The quantitative estimate of drug-likeness (QED) is 0.703. The highest BCUT2D eigenvalue weighted by Gasteiger charge is 2.22. The van der Waals surface area contributed by atoms with Crippen LogP contribution in [-0.2, 0) is 6.54 Å². The van der Waals surface area contributed by atoms with Crippen LogP contribution in [0, 0.1) is 0 Å². The molecule has 0 aliphatic carbocycles. The molecule has 3 aromatic rings. The summed E-state index contributed by atoms with van der Waals surface area (Å²) in [5.41, 5.74) is 3.27. The molecule has 1 N–H and O–H groups in total. The lowest BCUT2D eigenvalue weighted by atomic mass is 10.1. The lowest BCUT2D eigenvalue weighted by Gasteiger charge is -2.20. The molecular weight excluding hydrogens is 397 g/mol. The Labute approximate surface area is 177 Å². The summed E-state index contributed by atoms with van der Waals surface area (Å²) in [6, 6.07) is 11.9. The molecule has 1 aromatic carbocycles. The molecule has 6 nitrogen and oxygen atoms in total. The van der Waals surface area contributed by atoms with Crippen molar-refractivity contribution in [3.63, 3.8) is 0 Å². The fraction of sp³-hybridized carbons (Fsp3) is 0.350. The van der Waals surface area contributed by atoms with Gasteiger partial charge < -0.3 is 10.2 Å². The average molecular weight is 422 g/mol. The number of fused-ring (bicyclic) bond motifs is 1. The number of aromatic nitrogens is 3. The summed E-state index contributed by atoms with van der Waals surface area (Å²) in [6.07, 6.45) is 2.74. The topological polar surface area (TPSA) is 63.1 Å². The van der Waals surface area contributed by atoms with Crippen molar-refractivity contribution in [2.45, 2.75) is 19.9 Å². The van der Waals surface area contributed by atoms with Gasteiger partial charge in [0.05, 0.1) is 22.8 Å². The second-order valence-corrected chi connectivity index (χ2v) is 6.51. The SMILES string of the molecule is CCn1ncc2c(C(=O)N3CCCNCC3)cc(-c3ccccc3)nc21.Cl.Cl. The first kappa shape index (κ1) is 22.1. The molecule has 28 heavy (non-hydrogen) atoms. The number of aryl methyl sites for hydroxylation is 1. The molecule has 3 heterocycles. The Bertz CT molecular complexity index is 921. The van der Waals surface area contributed by atoms with Gasteiger partial charge in [-0.15, -0.1) is 24.8 Å². The second kappa shape index (κ2) is 9.87. The van der Waals surface area contributed by atoms with Crippen LogP contribution < -0.4 is 5.32 Å². The van der Waals surface area contributed by atoms with Gasteiger partial charge in [-0.25, -0.2) is 9.67 Å². The maximum Gasteiger partial charge on any atom is 0.254 e. The van der Waals surface area contributed by atoms with Crippen LogP contribution in [0.3, 0.4) is 0 Å². The Morgan fingerprint density at radius 1 is 1.14 bits per heavy atom. The van der Waals surface area contributed by atoms with Gasteiger partial charge in [-0.2, -0.15) is 5.10 Å². The molecule has 0 atom stereocenters. The number of pyridine rings is 1. The summed E-state index contributed by atoms with van der Waals surface area (Å²) in [5.74, 6) is 0.0638. The zero-order valence-electron chi connectivity index (χ0n) is 15.8. The van der Waals surface area contributed by atoms with Gasteiger partial charge in [-0.05, 0) is 26.0 Å². The molecule has 1 aliphatic rings. The molecule has 0 bridgehead atoms. The number of hydrogen-bond donors (Lipinski definition) is 1. The Morgan fingerprint density at radius 3 is 2.68 bits per heavy atom. The number of carbonyl (C=O) groups excluding carboxylic acids is 1. The summed E-state index contributed by atoms with van der Waals surface area (Å²) in [4.78, 5) is 20.0. The number of hydrogen-bond acceptors (Lipinski definition) is 4. The number of amides is 1. The van der Waals surface area contributed by atoms with Crippen molar-refractivity contribution in [3.05, 3.63) is 48.2 Å². The van der Waals surface area contributed by atoms with Crippen LogP contribution in [0.1, 0.15) is 23.7 Å². The molecule has 0 unspecified atom stereocenters. The highest BCUT2D eigenvalue weighted by atomic mass is 35.5. The van der Waals surface area contributed by atoms with Crippen molar-refractivity contribution in [2.24, 2.45) is 0 Å². The van der Waals surface area contributed by atoms with Crippen LogP contribution in [0.2, 0.25) is 0 Å². The van der Waals surface area contributed by atoms with E-state index in [1.807, 2.05) is 52.9 Å². The van der Waals surface area contributed by atoms with Crippen LogP contribution in [0.4, 0.5) is 0 Å². The van der Waals surface area contributed by atoms with E-state index in [1.165, 1.54) is 0 Å². The zero-order chi connectivity index (χ0) is 17.9. The molecule has 1 saturated heterocycles. The third-order valence-electron chi connectivity index (χ3n) is 4.84. The number of nitrogens with zero attached hydrogens (tertiary/aromatic N) is 4. The maximum absolute atomic E-state index is 13.3. The Kier molecular flexibility index (Phi) is 7.80. The normalized spacial score (nSPS) is 14.1. The van der Waals surface area contributed by atoms with Crippen molar-refractivity contribution in [3.8, 4) is 11.3 Å². The molecule has 150 valence electrons. The van der Waals surface area contributed by atoms with E-state index >= 15 is 0 Å². The Balaban J connectivity index is 0.00000140. The van der Waals surface area contributed by atoms with E-state index in [1.54, 1.807) is 6.20 Å². The van der Waals surface area contributed by atoms with Crippen molar-refractivity contribution >= 4 is 41.8 Å². The van der Waals surface area contributed by atoms with E-state index in [4.69, 9.17) is 4.98 Å². The van der Waals surface area contributed by atoms with E-state index in [0.29, 0.717) is 5.56 Å². The van der Waals surface area contributed by atoms with Gasteiger partial charge in [0.15, 0.2) is 5.65 Å². The first-order valence-corrected chi connectivity index (χ1v) is 9.20. The summed E-state index contributed by atoms with van der Waals surface area (Å²) >= 11 is 0. The van der Waals surface area contributed by atoms with Crippen molar-refractivity contribution in [1.82, 2.24) is 25.0 Å². The molecule has 8 heteroatoms. The largest absolute Gasteiger partial charge is 0.337 e. The summed E-state index contributed by atoms with van der Waals surface area (Å²) < 4.78 is 1.85. The lowest BCUT2D eigenvalue weighted by molar-refractivity contribution is 0.0768. The van der Waals surface area contributed by atoms with E-state index in [0.717, 1.165) is 61.4 Å². The minimum atomic E-state index is 0. The number of carbonyl (C=O) groups is 1. The molecule has 1 fully saturated rings. The van der Waals surface area contributed by atoms with Gasteiger partial charge >= 0.3 is 0 Å². The van der Waals surface area contributed by atoms with Crippen LogP contribution in [-0.4, -0.2) is 51.8 Å².